The summed E-state index contributed by atoms with van der Waals surface area (Å²) in [6.45, 7) is 0. The van der Waals surface area contributed by atoms with Crippen LogP contribution in [0.5, 0.6) is 0 Å². The molecule has 8 heteroatoms. The number of nitrogens with one attached hydrogen (secondary N) is 1. The minimum atomic E-state index is -3.78. The summed E-state index contributed by atoms with van der Waals surface area (Å²) in [7, 11) is -3.78. The van der Waals surface area contributed by atoms with Gasteiger partial charge in [0.2, 0.25) is 15.9 Å². The molecule has 0 aliphatic heterocycles. The third kappa shape index (κ3) is 4.98. The van der Waals surface area contributed by atoms with E-state index in [1.165, 1.54) is 42.5 Å². The second-order valence-electron chi connectivity index (χ2n) is 4.56. The Labute approximate surface area is 141 Å². The first kappa shape index (κ1) is 17.3. The van der Waals surface area contributed by atoms with Crippen LogP contribution in [0, 0.1) is 5.82 Å². The van der Waals surface area contributed by atoms with E-state index in [1.807, 2.05) is 0 Å². The fraction of sp³-hybridized carbons (Fsp3) is 0. The van der Waals surface area contributed by atoms with E-state index < -0.39 is 21.7 Å². The van der Waals surface area contributed by atoms with Crippen LogP contribution in [0.15, 0.2) is 57.9 Å². The molecule has 0 saturated heterocycles. The number of anilines is 1. The van der Waals surface area contributed by atoms with Crippen LogP contribution in [-0.2, 0) is 14.8 Å². The van der Waals surface area contributed by atoms with Crippen molar-refractivity contribution in [2.45, 2.75) is 4.90 Å². The molecule has 2 rings (SSSR count). The number of rotatable bonds is 4. The van der Waals surface area contributed by atoms with Crippen LogP contribution in [0.25, 0.3) is 6.08 Å². The van der Waals surface area contributed by atoms with Crippen LogP contribution in [0.1, 0.15) is 5.56 Å². The largest absolute Gasteiger partial charge is 0.323 e. The van der Waals surface area contributed by atoms with Crippen molar-refractivity contribution in [3.8, 4) is 0 Å². The van der Waals surface area contributed by atoms with Crippen molar-refractivity contribution in [2.75, 3.05) is 5.32 Å². The van der Waals surface area contributed by atoms with Crippen molar-refractivity contribution in [1.29, 1.82) is 0 Å². The molecule has 3 N–H and O–H groups in total. The third-order valence-corrected chi connectivity index (χ3v) is 4.25. The molecular weight excluding hydrogens is 387 g/mol. The van der Waals surface area contributed by atoms with Gasteiger partial charge in [-0.15, -0.1) is 0 Å². The van der Waals surface area contributed by atoms with Crippen molar-refractivity contribution in [1.82, 2.24) is 0 Å². The lowest BCUT2D eigenvalue weighted by Crippen LogP contribution is -2.12. The lowest BCUT2D eigenvalue weighted by Gasteiger charge is -2.03. The van der Waals surface area contributed by atoms with Crippen LogP contribution < -0.4 is 10.5 Å². The fourth-order valence-corrected chi connectivity index (χ4v) is 2.61. The highest BCUT2D eigenvalue weighted by Crippen LogP contribution is 2.17. The van der Waals surface area contributed by atoms with Crippen LogP contribution >= 0.6 is 15.9 Å². The van der Waals surface area contributed by atoms with E-state index in [0.29, 0.717) is 10.2 Å². The van der Waals surface area contributed by atoms with E-state index >= 15 is 0 Å². The number of nitrogens with two attached hydrogens (primary N) is 1. The van der Waals surface area contributed by atoms with Gasteiger partial charge in [0.15, 0.2) is 0 Å². The number of carbonyl (C=O) groups excluding carboxylic acids is 1. The van der Waals surface area contributed by atoms with Gasteiger partial charge in [0, 0.05) is 21.8 Å². The highest BCUT2D eigenvalue weighted by atomic mass is 79.9. The topological polar surface area (TPSA) is 89.3 Å². The van der Waals surface area contributed by atoms with E-state index in [0.717, 1.165) is 0 Å². The third-order valence-electron chi connectivity index (χ3n) is 2.82. The maximum absolute atomic E-state index is 13.5. The molecule has 0 saturated carbocycles. The summed E-state index contributed by atoms with van der Waals surface area (Å²) in [5.41, 5.74) is 0.654. The Morgan fingerprint density at radius 1 is 1.17 bits per heavy atom. The molecule has 23 heavy (non-hydrogen) atoms. The van der Waals surface area contributed by atoms with Gasteiger partial charge in [-0.1, -0.05) is 15.9 Å². The number of primary sulfonamides is 1. The number of hydrogen-bond donors (Lipinski definition) is 2. The number of sulfonamides is 1. The first-order valence-corrected chi connectivity index (χ1v) is 8.66. The first-order valence-electron chi connectivity index (χ1n) is 6.33. The van der Waals surface area contributed by atoms with E-state index in [1.54, 1.807) is 12.1 Å². The summed E-state index contributed by atoms with van der Waals surface area (Å²) in [6, 6.07) is 9.76. The van der Waals surface area contributed by atoms with E-state index in [2.05, 4.69) is 21.2 Å². The van der Waals surface area contributed by atoms with E-state index in [9.17, 15) is 17.6 Å². The summed E-state index contributed by atoms with van der Waals surface area (Å²) >= 11 is 3.22. The standard InChI is InChI=1S/C15H12BrFN2O3S/c16-11-2-7-14(17)10(9-11)1-8-15(20)19-12-3-5-13(6-4-12)23(18,21)22/h1-9H,(H,19,20)(H2,18,21,22). The summed E-state index contributed by atoms with van der Waals surface area (Å²) in [4.78, 5) is 11.7. The second kappa shape index (κ2) is 7.03. The van der Waals surface area contributed by atoms with E-state index in [4.69, 9.17) is 5.14 Å². The summed E-state index contributed by atoms with van der Waals surface area (Å²) in [6.07, 6.45) is 2.52. The molecule has 1 amide bonds. The van der Waals surface area contributed by atoms with Gasteiger partial charge in [-0.25, -0.2) is 17.9 Å². The minimum absolute atomic E-state index is 0.0535. The molecule has 2 aromatic rings. The lowest BCUT2D eigenvalue weighted by molar-refractivity contribution is -0.111. The number of halogens is 2. The Hall–Kier alpha value is -2.03. The maximum atomic E-state index is 13.5. The van der Waals surface area contributed by atoms with Crippen molar-refractivity contribution in [2.24, 2.45) is 5.14 Å². The molecule has 0 bridgehead atoms. The molecule has 0 aliphatic carbocycles. The van der Waals surface area contributed by atoms with Gasteiger partial charge in [-0.05, 0) is 48.5 Å². The van der Waals surface area contributed by atoms with Crippen LogP contribution in [-0.4, -0.2) is 14.3 Å². The van der Waals surface area contributed by atoms with Crippen LogP contribution in [0.2, 0.25) is 0 Å². The van der Waals surface area contributed by atoms with Gasteiger partial charge >= 0.3 is 0 Å². The molecule has 2 aromatic carbocycles. The molecule has 0 atom stereocenters. The molecule has 0 unspecified atom stereocenters. The van der Waals surface area contributed by atoms with Crippen LogP contribution in [0.4, 0.5) is 10.1 Å². The Morgan fingerprint density at radius 3 is 2.43 bits per heavy atom. The monoisotopic (exact) mass is 398 g/mol. The highest BCUT2D eigenvalue weighted by Gasteiger charge is 2.07. The molecule has 5 nitrogen and oxygen atoms in total. The number of carbonyl (C=O) groups is 1. The van der Waals surface area contributed by atoms with Gasteiger partial charge in [0.1, 0.15) is 5.82 Å². The quantitative estimate of drug-likeness (QED) is 0.775. The molecular formula is C15H12BrFN2O3S. The Bertz CT molecular complexity index is 865. The predicted molar refractivity (Wildman–Crippen MR) is 89.6 cm³/mol. The van der Waals surface area contributed by atoms with Crippen molar-refractivity contribution >= 4 is 43.6 Å². The number of benzene rings is 2. The van der Waals surface area contributed by atoms with Gasteiger partial charge in [-0.3, -0.25) is 4.79 Å². The Balaban J connectivity index is 2.07. The fourth-order valence-electron chi connectivity index (χ4n) is 1.72. The zero-order chi connectivity index (χ0) is 17.0. The van der Waals surface area contributed by atoms with Gasteiger partial charge in [-0.2, -0.15) is 0 Å². The Kier molecular flexibility index (Phi) is 5.30. The molecule has 120 valence electrons. The molecule has 0 heterocycles. The first-order chi connectivity index (χ1) is 10.8. The average molecular weight is 399 g/mol. The average Bonchev–Trinajstić information content (AvgIpc) is 2.48. The SMILES string of the molecule is NS(=O)(=O)c1ccc(NC(=O)C=Cc2cc(Br)ccc2F)cc1. The zero-order valence-corrected chi connectivity index (χ0v) is 14.1. The predicted octanol–water partition coefficient (Wildman–Crippen LogP) is 2.89. The molecule has 0 aromatic heterocycles. The van der Waals surface area contributed by atoms with Crippen molar-refractivity contribution < 1.29 is 17.6 Å². The maximum Gasteiger partial charge on any atom is 0.248 e. The number of hydrogen-bond acceptors (Lipinski definition) is 3. The van der Waals surface area contributed by atoms with Crippen LogP contribution in [0.3, 0.4) is 0 Å². The highest BCUT2D eigenvalue weighted by molar-refractivity contribution is 9.10. The molecule has 0 aliphatic rings. The van der Waals surface area contributed by atoms with Gasteiger partial charge in [0.05, 0.1) is 4.90 Å². The van der Waals surface area contributed by atoms with Crippen molar-refractivity contribution in [3.63, 3.8) is 0 Å². The zero-order valence-electron chi connectivity index (χ0n) is 11.7. The van der Waals surface area contributed by atoms with Gasteiger partial charge in [0.25, 0.3) is 0 Å². The van der Waals surface area contributed by atoms with Gasteiger partial charge < -0.3 is 5.32 Å². The Morgan fingerprint density at radius 2 is 1.83 bits per heavy atom. The summed E-state index contributed by atoms with van der Waals surface area (Å²) in [5, 5.41) is 7.51. The summed E-state index contributed by atoms with van der Waals surface area (Å²) < 4.78 is 36.5. The van der Waals surface area contributed by atoms with Crippen molar-refractivity contribution in [3.05, 3.63) is 64.4 Å². The van der Waals surface area contributed by atoms with E-state index in [-0.39, 0.29) is 10.5 Å². The molecule has 0 radical (unpaired) electrons. The smallest absolute Gasteiger partial charge is 0.248 e. The number of amides is 1. The normalized spacial score (nSPS) is 11.6. The summed E-state index contributed by atoms with van der Waals surface area (Å²) in [5.74, 6) is -0.928. The molecule has 0 fully saturated rings. The second-order valence-corrected chi connectivity index (χ2v) is 7.03. The minimum Gasteiger partial charge on any atom is -0.323 e. The molecule has 0 spiro atoms. The lowest BCUT2D eigenvalue weighted by atomic mass is 10.2.